The van der Waals surface area contributed by atoms with Crippen LogP contribution < -0.4 is 9.47 Å². The Morgan fingerprint density at radius 1 is 1.10 bits per heavy atom. The van der Waals surface area contributed by atoms with Gasteiger partial charge < -0.3 is 14.4 Å². The van der Waals surface area contributed by atoms with Crippen LogP contribution in [0.2, 0.25) is 0 Å². The zero-order chi connectivity index (χ0) is 20.4. The van der Waals surface area contributed by atoms with Crippen molar-refractivity contribution in [1.82, 2.24) is 9.88 Å². The highest BCUT2D eigenvalue weighted by atomic mass is 32.2. The second kappa shape index (κ2) is 8.66. The molecule has 0 saturated carbocycles. The van der Waals surface area contributed by atoms with Crippen LogP contribution in [-0.4, -0.2) is 40.1 Å². The number of aryl methyl sites for hydroxylation is 1. The van der Waals surface area contributed by atoms with Gasteiger partial charge in [-0.25, -0.2) is 0 Å². The van der Waals surface area contributed by atoms with Gasteiger partial charge in [0, 0.05) is 18.0 Å². The Labute approximate surface area is 177 Å². The van der Waals surface area contributed by atoms with Gasteiger partial charge >= 0.3 is 0 Å². The number of benzene rings is 1. The summed E-state index contributed by atoms with van der Waals surface area (Å²) in [5.74, 6) is 2.71. The molecule has 0 radical (unpaired) electrons. The molecular formula is C23H29N3O2S. The van der Waals surface area contributed by atoms with E-state index in [4.69, 9.17) is 14.5 Å². The molecule has 0 aliphatic carbocycles. The third kappa shape index (κ3) is 3.70. The van der Waals surface area contributed by atoms with Gasteiger partial charge in [0.05, 0.1) is 24.9 Å². The maximum atomic E-state index is 5.95. The molecule has 0 unspecified atom stereocenters. The Kier molecular flexibility index (Phi) is 5.99. The fourth-order valence-corrected chi connectivity index (χ4v) is 5.56. The molecule has 3 heterocycles. The number of nitrogens with zero attached hydrogens (tertiary/aromatic N) is 3. The summed E-state index contributed by atoms with van der Waals surface area (Å²) in [6.07, 6.45) is 2.96. The van der Waals surface area contributed by atoms with Crippen LogP contribution in [0.1, 0.15) is 56.1 Å². The first-order chi connectivity index (χ1) is 14.2. The van der Waals surface area contributed by atoms with Gasteiger partial charge in [0.1, 0.15) is 6.04 Å². The maximum Gasteiger partial charge on any atom is 0.161 e. The highest BCUT2D eigenvalue weighted by molar-refractivity contribution is 8.14. The standard InChI is InChI=1S/C23H29N3O2S/c1-5-16-14-29-23-25-21(18-10-8-9-11-24-18)22(26(16)23)17-13-20(28-7-3)19(27-6-2)12-15(17)4/h8-13,16,21-22H,5-7,14H2,1-4H3/t16-,21-,22+/m0/s1. The lowest BCUT2D eigenvalue weighted by molar-refractivity contribution is 0.251. The summed E-state index contributed by atoms with van der Waals surface area (Å²) in [4.78, 5) is 12.3. The van der Waals surface area contributed by atoms with E-state index in [-0.39, 0.29) is 12.1 Å². The van der Waals surface area contributed by atoms with E-state index in [1.54, 1.807) is 0 Å². The number of fused-ring (bicyclic) bond motifs is 1. The van der Waals surface area contributed by atoms with Crippen molar-refractivity contribution in [3.63, 3.8) is 0 Å². The van der Waals surface area contributed by atoms with Gasteiger partial charge in [-0.1, -0.05) is 24.8 Å². The van der Waals surface area contributed by atoms with E-state index in [0.29, 0.717) is 19.3 Å². The van der Waals surface area contributed by atoms with Gasteiger partial charge in [-0.2, -0.15) is 0 Å². The van der Waals surface area contributed by atoms with Gasteiger partial charge in [0.15, 0.2) is 16.7 Å². The van der Waals surface area contributed by atoms with Crippen molar-refractivity contribution in [3.05, 3.63) is 53.3 Å². The summed E-state index contributed by atoms with van der Waals surface area (Å²) in [7, 11) is 0. The zero-order valence-corrected chi connectivity index (χ0v) is 18.4. The summed E-state index contributed by atoms with van der Waals surface area (Å²) in [5.41, 5.74) is 3.46. The van der Waals surface area contributed by atoms with E-state index < -0.39 is 0 Å². The third-order valence-corrected chi connectivity index (χ3v) is 6.71. The van der Waals surface area contributed by atoms with E-state index in [1.807, 2.05) is 43.9 Å². The lowest BCUT2D eigenvalue weighted by Crippen LogP contribution is -2.35. The van der Waals surface area contributed by atoms with Gasteiger partial charge in [-0.3, -0.25) is 9.98 Å². The number of hydrogen-bond acceptors (Lipinski definition) is 6. The fraction of sp³-hybridized carbons (Fsp3) is 0.478. The van der Waals surface area contributed by atoms with Crippen LogP contribution in [0, 0.1) is 6.92 Å². The molecule has 1 aromatic heterocycles. The van der Waals surface area contributed by atoms with Crippen molar-refractivity contribution in [3.8, 4) is 11.5 Å². The molecule has 29 heavy (non-hydrogen) atoms. The number of aliphatic imine (C=N–C) groups is 1. The van der Waals surface area contributed by atoms with Gasteiger partial charge in [0.25, 0.3) is 0 Å². The summed E-state index contributed by atoms with van der Waals surface area (Å²) in [5, 5.41) is 1.14. The minimum atomic E-state index is -0.0147. The smallest absolute Gasteiger partial charge is 0.161 e. The minimum Gasteiger partial charge on any atom is -0.490 e. The maximum absolute atomic E-state index is 5.95. The monoisotopic (exact) mass is 411 g/mol. The molecule has 1 aromatic carbocycles. The molecule has 0 bridgehead atoms. The lowest BCUT2D eigenvalue weighted by Gasteiger charge is -2.33. The molecule has 154 valence electrons. The van der Waals surface area contributed by atoms with Crippen LogP contribution in [0.5, 0.6) is 11.5 Å². The van der Waals surface area contributed by atoms with Crippen molar-refractivity contribution >= 4 is 16.9 Å². The van der Waals surface area contributed by atoms with Crippen LogP contribution in [0.3, 0.4) is 0 Å². The molecule has 2 aliphatic rings. The van der Waals surface area contributed by atoms with Crippen molar-refractivity contribution in [2.24, 2.45) is 4.99 Å². The Bertz CT molecular complexity index is 887. The summed E-state index contributed by atoms with van der Waals surface area (Å²) < 4.78 is 11.8. The quantitative estimate of drug-likeness (QED) is 0.629. The lowest BCUT2D eigenvalue weighted by atomic mass is 9.91. The van der Waals surface area contributed by atoms with Crippen molar-refractivity contribution in [2.45, 2.75) is 52.2 Å². The molecule has 0 amide bonds. The van der Waals surface area contributed by atoms with E-state index in [2.05, 4.69) is 41.9 Å². The predicted octanol–water partition coefficient (Wildman–Crippen LogP) is 5.17. The largest absolute Gasteiger partial charge is 0.490 e. The molecule has 0 N–H and O–H groups in total. The van der Waals surface area contributed by atoms with E-state index in [9.17, 15) is 0 Å². The van der Waals surface area contributed by atoms with Crippen LogP contribution in [0.15, 0.2) is 41.5 Å². The summed E-state index contributed by atoms with van der Waals surface area (Å²) in [6, 6.07) is 11.0. The number of thioether (sulfide) groups is 1. The Morgan fingerprint density at radius 3 is 2.52 bits per heavy atom. The number of rotatable bonds is 7. The molecule has 1 fully saturated rings. The number of hydrogen-bond donors (Lipinski definition) is 0. The molecular weight excluding hydrogens is 382 g/mol. The molecule has 3 atom stereocenters. The van der Waals surface area contributed by atoms with Crippen molar-refractivity contribution in [2.75, 3.05) is 19.0 Å². The van der Waals surface area contributed by atoms with E-state index in [0.717, 1.165) is 34.5 Å². The van der Waals surface area contributed by atoms with Crippen LogP contribution in [0.4, 0.5) is 0 Å². The van der Waals surface area contributed by atoms with Crippen LogP contribution in [0.25, 0.3) is 0 Å². The van der Waals surface area contributed by atoms with Crippen LogP contribution in [-0.2, 0) is 0 Å². The molecule has 6 heteroatoms. The molecule has 0 spiro atoms. The molecule has 5 nitrogen and oxygen atoms in total. The first kappa shape index (κ1) is 20.1. The number of ether oxygens (including phenoxy) is 2. The second-order valence-corrected chi connectivity index (χ2v) is 8.35. The molecule has 2 aliphatic heterocycles. The van der Waals surface area contributed by atoms with Gasteiger partial charge in [-0.05, 0) is 62.6 Å². The fourth-order valence-electron chi connectivity index (χ4n) is 4.22. The molecule has 1 saturated heterocycles. The average Bonchev–Trinajstić information content (AvgIpc) is 3.30. The van der Waals surface area contributed by atoms with E-state index >= 15 is 0 Å². The molecule has 4 rings (SSSR count). The minimum absolute atomic E-state index is 0.0147. The predicted molar refractivity (Wildman–Crippen MR) is 119 cm³/mol. The Hall–Kier alpha value is -2.21. The Balaban J connectivity index is 1.82. The zero-order valence-electron chi connectivity index (χ0n) is 17.6. The normalized spacial score (nSPS) is 23.1. The highest BCUT2D eigenvalue weighted by Crippen LogP contribution is 2.50. The number of pyridine rings is 1. The number of amidine groups is 1. The number of aromatic nitrogens is 1. The summed E-state index contributed by atoms with van der Waals surface area (Å²) >= 11 is 1.87. The SMILES string of the molecule is CCOc1cc(C)c([C@@H]2[C@H](c3ccccn3)N=C3SC[C@H](CC)N32)cc1OCC. The van der Waals surface area contributed by atoms with Gasteiger partial charge in [-0.15, -0.1) is 0 Å². The average molecular weight is 412 g/mol. The second-order valence-electron chi connectivity index (χ2n) is 7.36. The third-order valence-electron chi connectivity index (χ3n) is 5.58. The molecule has 2 aromatic rings. The first-order valence-electron chi connectivity index (χ1n) is 10.5. The topological polar surface area (TPSA) is 47.0 Å². The highest BCUT2D eigenvalue weighted by Gasteiger charge is 2.46. The van der Waals surface area contributed by atoms with Crippen LogP contribution >= 0.6 is 11.8 Å². The Morgan fingerprint density at radius 2 is 1.86 bits per heavy atom. The first-order valence-corrected chi connectivity index (χ1v) is 11.5. The van der Waals surface area contributed by atoms with Gasteiger partial charge in [0.2, 0.25) is 0 Å². The summed E-state index contributed by atoms with van der Waals surface area (Å²) in [6.45, 7) is 9.65. The van der Waals surface area contributed by atoms with Crippen molar-refractivity contribution in [1.29, 1.82) is 0 Å². The van der Waals surface area contributed by atoms with Crippen molar-refractivity contribution < 1.29 is 9.47 Å². The van der Waals surface area contributed by atoms with E-state index in [1.165, 1.54) is 11.1 Å².